The second-order valence-electron chi connectivity index (χ2n) is 5.27. The predicted octanol–water partition coefficient (Wildman–Crippen LogP) is 2.13. The van der Waals surface area contributed by atoms with E-state index in [9.17, 15) is 0 Å². The maximum atomic E-state index is 6.02. The molecule has 0 radical (unpaired) electrons. The molecule has 0 fully saturated rings. The molecule has 3 N–H and O–H groups in total. The van der Waals surface area contributed by atoms with Gasteiger partial charge in [0.05, 0.1) is 0 Å². The molecule has 0 saturated heterocycles. The maximum absolute atomic E-state index is 6.02. The molecular weight excluding hydrogens is 238 g/mol. The summed E-state index contributed by atoms with van der Waals surface area (Å²) in [5, 5.41) is 3.38. The smallest absolute Gasteiger partial charge is 0.129 e. The lowest BCUT2D eigenvalue weighted by Crippen LogP contribution is -2.21. The number of aryl methyl sites for hydroxylation is 2. The number of aromatic nitrogens is 1. The van der Waals surface area contributed by atoms with Crippen molar-refractivity contribution in [2.45, 2.75) is 44.6 Å². The third-order valence-electron chi connectivity index (χ3n) is 3.65. The first kappa shape index (κ1) is 14.3. The first-order valence-corrected chi connectivity index (χ1v) is 7.27. The molecule has 0 aliphatic carbocycles. The molecule has 1 aliphatic heterocycles. The molecule has 1 atom stereocenters. The third kappa shape index (κ3) is 4.48. The van der Waals surface area contributed by atoms with Crippen molar-refractivity contribution in [2.24, 2.45) is 5.73 Å². The largest absolute Gasteiger partial charge is 0.385 e. The van der Waals surface area contributed by atoms with E-state index in [1.54, 1.807) is 7.11 Å². The SMILES string of the molecule is COCCC(N)CCCc1ccc2c(n1)NCCC2. The Labute approximate surface area is 115 Å². The van der Waals surface area contributed by atoms with Crippen molar-refractivity contribution in [1.29, 1.82) is 0 Å². The normalized spacial score (nSPS) is 15.7. The van der Waals surface area contributed by atoms with Crippen molar-refractivity contribution in [3.8, 4) is 0 Å². The summed E-state index contributed by atoms with van der Waals surface area (Å²) in [5.74, 6) is 1.09. The summed E-state index contributed by atoms with van der Waals surface area (Å²) in [4.78, 5) is 4.70. The summed E-state index contributed by atoms with van der Waals surface area (Å²) in [6.45, 7) is 1.80. The second kappa shape index (κ2) is 7.46. The van der Waals surface area contributed by atoms with Crippen molar-refractivity contribution in [3.63, 3.8) is 0 Å². The van der Waals surface area contributed by atoms with E-state index in [1.165, 1.54) is 17.7 Å². The van der Waals surface area contributed by atoms with Crippen LogP contribution in [-0.4, -0.2) is 31.3 Å². The fraction of sp³-hybridized carbons (Fsp3) is 0.667. The van der Waals surface area contributed by atoms with E-state index in [-0.39, 0.29) is 6.04 Å². The molecule has 2 rings (SSSR count). The van der Waals surface area contributed by atoms with Gasteiger partial charge in [-0.05, 0) is 50.2 Å². The highest BCUT2D eigenvalue weighted by Crippen LogP contribution is 2.20. The lowest BCUT2D eigenvalue weighted by atomic mass is 10.0. The van der Waals surface area contributed by atoms with E-state index >= 15 is 0 Å². The molecule has 0 amide bonds. The monoisotopic (exact) mass is 263 g/mol. The fourth-order valence-electron chi connectivity index (χ4n) is 2.47. The average Bonchev–Trinajstić information content (AvgIpc) is 2.45. The lowest BCUT2D eigenvalue weighted by Gasteiger charge is -2.17. The van der Waals surface area contributed by atoms with Crippen LogP contribution in [-0.2, 0) is 17.6 Å². The molecule has 19 heavy (non-hydrogen) atoms. The Morgan fingerprint density at radius 3 is 3.16 bits per heavy atom. The average molecular weight is 263 g/mol. The van der Waals surface area contributed by atoms with Gasteiger partial charge in [-0.15, -0.1) is 0 Å². The minimum atomic E-state index is 0.246. The molecular formula is C15H25N3O. The van der Waals surface area contributed by atoms with Crippen LogP contribution in [0.5, 0.6) is 0 Å². The molecule has 0 saturated carbocycles. The van der Waals surface area contributed by atoms with Gasteiger partial charge in [0, 0.05) is 32.0 Å². The van der Waals surface area contributed by atoms with Gasteiger partial charge in [-0.3, -0.25) is 0 Å². The Kier molecular flexibility index (Phi) is 5.61. The Bertz CT molecular complexity index is 395. The van der Waals surface area contributed by atoms with Gasteiger partial charge in [0.25, 0.3) is 0 Å². The zero-order chi connectivity index (χ0) is 13.5. The van der Waals surface area contributed by atoms with Crippen molar-refractivity contribution >= 4 is 5.82 Å². The van der Waals surface area contributed by atoms with E-state index < -0.39 is 0 Å². The quantitative estimate of drug-likeness (QED) is 0.791. The fourth-order valence-corrected chi connectivity index (χ4v) is 2.47. The van der Waals surface area contributed by atoms with Crippen molar-refractivity contribution in [3.05, 3.63) is 23.4 Å². The van der Waals surface area contributed by atoms with Crippen molar-refractivity contribution < 1.29 is 4.74 Å². The van der Waals surface area contributed by atoms with Crippen molar-refractivity contribution in [1.82, 2.24) is 4.98 Å². The van der Waals surface area contributed by atoms with E-state index in [1.807, 2.05) is 0 Å². The second-order valence-corrected chi connectivity index (χ2v) is 5.27. The summed E-state index contributed by atoms with van der Waals surface area (Å²) in [5.41, 5.74) is 8.55. The summed E-state index contributed by atoms with van der Waals surface area (Å²) in [6, 6.07) is 4.62. The van der Waals surface area contributed by atoms with Crippen LogP contribution in [0.1, 0.15) is 36.9 Å². The summed E-state index contributed by atoms with van der Waals surface area (Å²) in [6.07, 6.45) is 6.44. The molecule has 4 heteroatoms. The van der Waals surface area contributed by atoms with Crippen LogP contribution in [0.2, 0.25) is 0 Å². The zero-order valence-corrected chi connectivity index (χ0v) is 11.8. The van der Waals surface area contributed by atoms with Crippen LogP contribution in [0.25, 0.3) is 0 Å². The molecule has 1 unspecified atom stereocenters. The maximum Gasteiger partial charge on any atom is 0.129 e. The minimum absolute atomic E-state index is 0.246. The van der Waals surface area contributed by atoms with Crippen LogP contribution >= 0.6 is 0 Å². The van der Waals surface area contributed by atoms with Gasteiger partial charge in [-0.1, -0.05) is 6.07 Å². The van der Waals surface area contributed by atoms with Gasteiger partial charge in [0.15, 0.2) is 0 Å². The van der Waals surface area contributed by atoms with E-state index in [0.29, 0.717) is 0 Å². The van der Waals surface area contributed by atoms with Crippen LogP contribution in [0.4, 0.5) is 5.82 Å². The number of nitrogens with one attached hydrogen (secondary N) is 1. The van der Waals surface area contributed by atoms with Crippen LogP contribution in [0.15, 0.2) is 12.1 Å². The number of hydrogen-bond donors (Lipinski definition) is 2. The van der Waals surface area contributed by atoms with E-state index in [4.69, 9.17) is 15.5 Å². The Balaban J connectivity index is 1.77. The van der Waals surface area contributed by atoms with Gasteiger partial charge >= 0.3 is 0 Å². The molecule has 0 bridgehead atoms. The Morgan fingerprint density at radius 1 is 1.42 bits per heavy atom. The summed E-state index contributed by atoms with van der Waals surface area (Å²) < 4.78 is 5.04. The van der Waals surface area contributed by atoms with E-state index in [2.05, 4.69) is 17.4 Å². The Morgan fingerprint density at radius 2 is 2.32 bits per heavy atom. The first-order valence-electron chi connectivity index (χ1n) is 7.27. The van der Waals surface area contributed by atoms with Crippen molar-refractivity contribution in [2.75, 3.05) is 25.6 Å². The van der Waals surface area contributed by atoms with Gasteiger partial charge in [0.1, 0.15) is 5.82 Å². The molecule has 0 aromatic carbocycles. The topological polar surface area (TPSA) is 60.2 Å². The molecule has 1 aromatic rings. The highest BCUT2D eigenvalue weighted by molar-refractivity contribution is 5.46. The predicted molar refractivity (Wildman–Crippen MR) is 78.5 cm³/mol. The molecule has 106 valence electrons. The van der Waals surface area contributed by atoms with Gasteiger partial charge in [-0.2, -0.15) is 0 Å². The highest BCUT2D eigenvalue weighted by atomic mass is 16.5. The summed E-state index contributed by atoms with van der Waals surface area (Å²) >= 11 is 0. The highest BCUT2D eigenvalue weighted by Gasteiger charge is 2.10. The van der Waals surface area contributed by atoms with Gasteiger partial charge in [-0.25, -0.2) is 4.98 Å². The number of rotatable bonds is 7. The summed E-state index contributed by atoms with van der Waals surface area (Å²) in [7, 11) is 1.72. The third-order valence-corrected chi connectivity index (χ3v) is 3.65. The molecule has 1 aliphatic rings. The number of fused-ring (bicyclic) bond motifs is 1. The number of hydrogen-bond acceptors (Lipinski definition) is 4. The lowest BCUT2D eigenvalue weighted by molar-refractivity contribution is 0.186. The number of pyridine rings is 1. The number of methoxy groups -OCH3 is 1. The first-order chi connectivity index (χ1) is 9.29. The van der Waals surface area contributed by atoms with Crippen LogP contribution in [0, 0.1) is 0 Å². The zero-order valence-electron chi connectivity index (χ0n) is 11.8. The number of anilines is 1. The van der Waals surface area contributed by atoms with E-state index in [0.717, 1.165) is 51.1 Å². The molecule has 0 spiro atoms. The number of nitrogens with zero attached hydrogens (tertiary/aromatic N) is 1. The minimum Gasteiger partial charge on any atom is -0.385 e. The van der Waals surface area contributed by atoms with Crippen LogP contribution < -0.4 is 11.1 Å². The standard InChI is InChI=1S/C15H25N3O/c1-19-11-9-13(16)5-2-6-14-8-7-12-4-3-10-17-15(12)18-14/h7-8,13H,2-6,9-11,16H2,1H3,(H,17,18). The van der Waals surface area contributed by atoms with Crippen LogP contribution in [0.3, 0.4) is 0 Å². The van der Waals surface area contributed by atoms with Gasteiger partial charge in [0.2, 0.25) is 0 Å². The molecule has 2 heterocycles. The van der Waals surface area contributed by atoms with Gasteiger partial charge < -0.3 is 15.8 Å². The number of nitrogens with two attached hydrogens (primary N) is 1. The molecule has 1 aromatic heterocycles. The number of ether oxygens (including phenoxy) is 1. The Hall–Kier alpha value is -1.13. The molecule has 4 nitrogen and oxygen atoms in total.